The first kappa shape index (κ1) is 108. The Bertz CT molecular complexity index is 4910. The Kier molecular flexibility index (Phi) is 51.2. The van der Waals surface area contributed by atoms with Crippen LogP contribution in [0.25, 0.3) is 0 Å². The minimum Gasteiger partial charge on any atom is 0 e. The van der Waals surface area contributed by atoms with Crippen LogP contribution in [0.15, 0.2) is 189 Å². The third kappa shape index (κ3) is 39.5. The number of nitro groups is 6. The molecule has 8 aromatic carbocycles. The van der Waals surface area contributed by atoms with Crippen molar-refractivity contribution in [1.29, 1.82) is 0 Å². The Morgan fingerprint density at radius 2 is 0.777 bits per heavy atom. The summed E-state index contributed by atoms with van der Waals surface area (Å²) in [5.41, 5.74) is 4.65. The predicted octanol–water partition coefficient (Wildman–Crippen LogP) is 5.09. The van der Waals surface area contributed by atoms with Gasteiger partial charge in [-0.2, -0.15) is 13.5 Å². The molecule has 2 saturated heterocycles. The van der Waals surface area contributed by atoms with Crippen LogP contribution >= 0.6 is 36.7 Å². The molecule has 0 bridgehead atoms. The normalized spacial score (nSPS) is 12.1. The second-order valence-corrected chi connectivity index (χ2v) is 31.0. The van der Waals surface area contributed by atoms with E-state index in [0.717, 1.165) is 106 Å². The van der Waals surface area contributed by atoms with Crippen LogP contribution in [0.2, 0.25) is 5.02 Å². The number of rotatable bonds is 19. The molecule has 3 N–H and O–H groups in total. The zero-order valence-corrected chi connectivity index (χ0v) is 77.7. The van der Waals surface area contributed by atoms with Crippen molar-refractivity contribution in [3.63, 3.8) is 0 Å². The minimum atomic E-state index is -3.37. The summed E-state index contributed by atoms with van der Waals surface area (Å²) >= 11 is 14.1. The molecule has 582 valence electrons. The Morgan fingerprint density at radius 1 is 0.482 bits per heavy atom. The Balaban J connectivity index is -0.00000130. The van der Waals surface area contributed by atoms with E-state index < -0.39 is 86.0 Å². The second-order valence-electron chi connectivity index (χ2n) is 21.9. The number of halogens is 2. The molecule has 0 spiro atoms. The third-order valence-corrected chi connectivity index (χ3v) is 19.2. The number of nitrogens with zero attached hydrogens (tertiary/aromatic N) is 6. The fourth-order valence-electron chi connectivity index (χ4n) is 8.55. The van der Waals surface area contributed by atoms with E-state index in [2.05, 4.69) is 4.89 Å². The number of sulfone groups is 4. The molecule has 2 aliphatic rings. The molecule has 36 nitrogen and oxygen atoms in total. The number of nitro benzene ring substituents is 6. The van der Waals surface area contributed by atoms with Crippen LogP contribution in [-0.2, 0) is 84.4 Å². The number of non-ortho nitro benzene ring substituents is 4. The van der Waals surface area contributed by atoms with E-state index in [0.29, 0.717) is 48.2 Å². The molecule has 48 heteroatoms. The number of hydrogen-bond donors (Lipinski definition) is 2. The molecule has 2 heterocycles. The maximum absolute atomic E-state index is 11.6. The number of hydrogen-bond acceptors (Lipinski definition) is 30. The average Bonchev–Trinajstić information content (AvgIpc) is 0.831. The van der Waals surface area contributed by atoms with Crippen molar-refractivity contribution < 1.29 is 187 Å². The first-order chi connectivity index (χ1) is 50.6. The molecule has 0 saturated carbocycles. The molecular formula is C64H67Cl2N7Na4O29S5Zn. The van der Waals surface area contributed by atoms with Gasteiger partial charge in [-0.25, -0.2) is 33.7 Å². The van der Waals surface area contributed by atoms with Crippen molar-refractivity contribution in [2.24, 2.45) is 5.92 Å². The number of alkyl halides is 1. The summed E-state index contributed by atoms with van der Waals surface area (Å²) in [6.07, 6.45) is 8.97. The van der Waals surface area contributed by atoms with Crippen LogP contribution in [-0.4, -0.2) is 175 Å². The topological polar surface area (TPSA) is 537 Å². The van der Waals surface area contributed by atoms with Gasteiger partial charge in [-0.15, -0.1) is 11.6 Å². The third-order valence-electron chi connectivity index (χ3n) is 13.9. The number of phenolic OH excluding ortho intramolecular Hbond substituents is 1. The second kappa shape index (κ2) is 53.2. The molecule has 10 rings (SSSR count). The zero-order chi connectivity index (χ0) is 81.3. The summed E-state index contributed by atoms with van der Waals surface area (Å²) in [7, 11) is -13.0. The number of benzene rings is 8. The van der Waals surface area contributed by atoms with Crippen LogP contribution in [0, 0.1) is 66.6 Å². The van der Waals surface area contributed by atoms with Crippen molar-refractivity contribution >= 4 is 166 Å². The summed E-state index contributed by atoms with van der Waals surface area (Å²) < 4.78 is 117. The Hall–Kier alpha value is -6.14. The fourth-order valence-corrected chi connectivity index (χ4v) is 11.4. The van der Waals surface area contributed by atoms with Gasteiger partial charge >= 0.3 is 108 Å². The standard InChI is InChI=1S/C19H21NO6S.C13H10N2O7S.C13H12N2O5S.C7H8O3S.C6H3ClN2O4.C5H9ClO.CH2O3.4Na.H2S.Zn.H/c1-27(23,24)18-5-3-17(4-6-18)26-19-7-2-16(20(21)22)13-15(19)12-14-8-10-25-11-9-14;1-23(20,21)11-5-3-10(4-6-11)22-13-7-2-9(14(16)17)8-12(13)15(18)19;1-21(18,19)11-5-3-10(4-6-11)20-13-7-2-9(15(16)17)8-12(13)14;1-11(9,10)7-4-2-6(8)3-5-7;7-5-2-1-4(8(10)11)3-6(5)9(12)13;6-5-1-3-7-4-2-5;2-1-4-3;;;;;;;/h2-7,13-14H,8-12H2,1H3;2-8H,1H3;2-8H,14H2,1H3;2-5,8H,1H3;1-3H;5H,1-4H2;1,3H;;;;;1H2;;/q;;;;;;;;;2*+1;;;-1/p-1. The van der Waals surface area contributed by atoms with Gasteiger partial charge in [0.05, 0.1) is 66.9 Å². The molecule has 2 fully saturated rings. The van der Waals surface area contributed by atoms with E-state index in [9.17, 15) is 94.4 Å². The maximum atomic E-state index is 11.6. The summed E-state index contributed by atoms with van der Waals surface area (Å²) in [6.45, 7) is 2.92. The van der Waals surface area contributed by atoms with Crippen LogP contribution in [0.5, 0.6) is 40.2 Å². The van der Waals surface area contributed by atoms with Crippen LogP contribution in [0.3, 0.4) is 0 Å². The molecule has 0 aliphatic carbocycles. The van der Waals surface area contributed by atoms with Gasteiger partial charge in [-0.3, -0.25) is 65.5 Å². The number of carbonyl (C=O) groups is 1. The van der Waals surface area contributed by atoms with Gasteiger partial charge < -0.3 is 46.1 Å². The van der Waals surface area contributed by atoms with Gasteiger partial charge in [0.25, 0.3) is 34.9 Å². The van der Waals surface area contributed by atoms with Gasteiger partial charge in [0.1, 0.15) is 33.8 Å². The molecular weight excluding hydrogens is 1720 g/mol. The smallest absolute Gasteiger partial charge is 0 e. The van der Waals surface area contributed by atoms with E-state index in [1.807, 2.05) is 0 Å². The Labute approximate surface area is 745 Å². The number of anilines is 1. The number of ether oxygens (including phenoxy) is 5. The first-order valence-electron chi connectivity index (χ1n) is 30.9. The van der Waals surface area contributed by atoms with E-state index in [1.165, 1.54) is 153 Å². The van der Waals surface area contributed by atoms with Crippen LogP contribution in [0.1, 0.15) is 32.7 Å². The number of aromatic hydroxyl groups is 1. The summed E-state index contributed by atoms with van der Waals surface area (Å²) in [6, 6.07) is 37.0. The minimum absolute atomic E-state index is 0. The zero-order valence-electron chi connectivity index (χ0n) is 62.0. The van der Waals surface area contributed by atoms with Crippen molar-refractivity contribution in [2.45, 2.75) is 57.1 Å². The monoisotopic (exact) mass is 1780 g/mol. The van der Waals surface area contributed by atoms with Crippen molar-refractivity contribution in [1.82, 2.24) is 0 Å². The van der Waals surface area contributed by atoms with Gasteiger partial charge in [0.15, 0.2) is 45.1 Å². The predicted molar refractivity (Wildman–Crippen MR) is 402 cm³/mol. The van der Waals surface area contributed by atoms with E-state index in [4.69, 9.17) is 67.8 Å². The largest absolute Gasteiger partial charge is 0 e. The van der Waals surface area contributed by atoms with E-state index in [1.54, 1.807) is 24.3 Å². The number of carbonyl (C=O) groups excluding carboxylic acids is 1. The number of nitrogen functional groups attached to an aromatic ring is 1. The van der Waals surface area contributed by atoms with Gasteiger partial charge in [-0.1, -0.05) is 11.6 Å². The van der Waals surface area contributed by atoms with Crippen LogP contribution < -0.4 is 84.3 Å². The quantitative estimate of drug-likeness (QED) is 0.0202. The SMILES string of the molecule is CS(=O)(=O)c1ccc(O)cc1.CS(=O)(=O)c1ccc(Oc2ccc([N+](=O)[O-])cc2CC2CCOCC2)cc1.CS(=O)(=O)c1ccc(Oc2ccc([N+](=O)[O-])cc2N)cc1.CS(=O)(=O)c1ccc(Oc2ccc([N+](=O)[O-])cc2[N+](=O)[O-])cc1.ClC1CCOCC1.O=CO[O-].O=[N+]([O-])c1ccc(Cl)c([N+](=O)[O-])c1.S.[H-].[Na+].[Na+].[Na][Na].[Zn]. The Morgan fingerprint density at radius 3 is 1.10 bits per heavy atom. The van der Waals surface area contributed by atoms with E-state index in [-0.39, 0.29) is 170 Å². The van der Waals surface area contributed by atoms with Gasteiger partial charge in [-0.05, 0) is 159 Å². The summed E-state index contributed by atoms with van der Waals surface area (Å²) in [5.74, 6) is 2.08. The molecule has 112 heavy (non-hydrogen) atoms. The summed E-state index contributed by atoms with van der Waals surface area (Å²) in [5, 5.41) is 81.4. The number of nitrogens with two attached hydrogens (primary N) is 1. The average molecular weight is 1790 g/mol. The first-order valence-corrected chi connectivity index (χ1v) is 47.3. The van der Waals surface area contributed by atoms with Crippen molar-refractivity contribution in [3.05, 3.63) is 241 Å². The van der Waals surface area contributed by atoms with E-state index >= 15 is 0 Å². The molecule has 0 radical (unpaired) electrons. The summed E-state index contributed by atoms with van der Waals surface area (Å²) in [4.78, 5) is 71.8. The maximum Gasteiger partial charge on any atom is 0 e. The molecule has 0 atom stereocenters. The van der Waals surface area contributed by atoms with Gasteiger partial charge in [0, 0.05) is 118 Å². The molecule has 0 aromatic heterocycles. The number of phenols is 1. The fraction of sp³-hybridized carbons (Fsp3) is 0.234. The molecule has 0 amide bonds. The molecule has 2 aliphatic heterocycles. The van der Waals surface area contributed by atoms with Crippen LogP contribution in [0.4, 0.5) is 39.8 Å². The van der Waals surface area contributed by atoms with Crippen molar-refractivity contribution in [2.75, 3.05) is 57.2 Å². The molecule has 0 unspecified atom stereocenters. The van der Waals surface area contributed by atoms with Crippen molar-refractivity contribution in [3.8, 4) is 40.2 Å². The molecule has 8 aromatic rings. The van der Waals surface area contributed by atoms with Gasteiger partial charge in [0.2, 0.25) is 5.75 Å².